The summed E-state index contributed by atoms with van der Waals surface area (Å²) in [5.74, 6) is 0.514. The van der Waals surface area contributed by atoms with Gasteiger partial charge in [0.2, 0.25) is 0 Å². The minimum Gasteiger partial charge on any atom is -0.335 e. The van der Waals surface area contributed by atoms with Gasteiger partial charge in [-0.15, -0.1) is 23.7 Å². The highest BCUT2D eigenvalue weighted by Crippen LogP contribution is 2.33. The maximum Gasteiger partial charge on any atom is 0.266 e. The monoisotopic (exact) mass is 379 g/mol. The Kier molecular flexibility index (Phi) is 6.25. The van der Waals surface area contributed by atoms with Gasteiger partial charge in [-0.2, -0.15) is 0 Å². The van der Waals surface area contributed by atoms with Crippen LogP contribution in [0, 0.1) is 26.7 Å². The molecule has 2 aromatic rings. The molecule has 2 heterocycles. The third kappa shape index (κ3) is 3.89. The third-order valence-corrected chi connectivity index (χ3v) is 6.04. The molecule has 2 unspecified atom stereocenters. The van der Waals surface area contributed by atoms with Crippen LogP contribution in [0.25, 0.3) is 10.6 Å². The van der Waals surface area contributed by atoms with Crippen molar-refractivity contribution in [2.45, 2.75) is 40.2 Å². The fraction of sp³-hybridized carbons (Fsp3) is 0.474. The largest absolute Gasteiger partial charge is 0.335 e. The molecule has 2 atom stereocenters. The van der Waals surface area contributed by atoms with Gasteiger partial charge in [-0.05, 0) is 52.1 Å². The average molecular weight is 380 g/mol. The Morgan fingerprint density at radius 1 is 1.36 bits per heavy atom. The normalized spacial score (nSPS) is 19.8. The molecule has 3 rings (SSSR count). The molecular formula is C19H26ClN3OS. The summed E-state index contributed by atoms with van der Waals surface area (Å²) in [5.41, 5.74) is 10.2. The Labute approximate surface area is 159 Å². The average Bonchev–Trinajstić information content (AvgIpc) is 3.09. The van der Waals surface area contributed by atoms with E-state index in [4.69, 9.17) is 5.73 Å². The van der Waals surface area contributed by atoms with Gasteiger partial charge in [0.15, 0.2) is 0 Å². The number of halogens is 1. The van der Waals surface area contributed by atoms with E-state index in [-0.39, 0.29) is 24.4 Å². The number of nitrogens with two attached hydrogens (primary N) is 1. The Morgan fingerprint density at radius 3 is 2.68 bits per heavy atom. The van der Waals surface area contributed by atoms with Crippen LogP contribution in [0.2, 0.25) is 0 Å². The molecule has 0 bridgehead atoms. The molecule has 1 aliphatic heterocycles. The van der Waals surface area contributed by atoms with Gasteiger partial charge in [0, 0.05) is 18.2 Å². The van der Waals surface area contributed by atoms with Gasteiger partial charge in [-0.1, -0.05) is 23.8 Å². The van der Waals surface area contributed by atoms with Crippen molar-refractivity contribution in [3.63, 3.8) is 0 Å². The van der Waals surface area contributed by atoms with Crippen LogP contribution in [0.1, 0.15) is 39.8 Å². The number of thiazole rings is 1. The minimum atomic E-state index is 0. The fourth-order valence-electron chi connectivity index (χ4n) is 3.49. The number of nitrogens with zero attached hydrogens (tertiary/aromatic N) is 2. The van der Waals surface area contributed by atoms with Crippen LogP contribution in [0.3, 0.4) is 0 Å². The minimum absolute atomic E-state index is 0. The molecule has 25 heavy (non-hydrogen) atoms. The Balaban J connectivity index is 0.00000225. The van der Waals surface area contributed by atoms with Crippen molar-refractivity contribution in [2.24, 2.45) is 11.7 Å². The number of carbonyl (C=O) groups is 1. The first kappa shape index (κ1) is 19.9. The zero-order chi connectivity index (χ0) is 17.4. The molecule has 1 aromatic carbocycles. The maximum atomic E-state index is 13.0. The van der Waals surface area contributed by atoms with E-state index in [1.54, 1.807) is 0 Å². The Morgan fingerprint density at radius 2 is 2.08 bits per heavy atom. The van der Waals surface area contributed by atoms with Gasteiger partial charge in [0.05, 0.1) is 5.69 Å². The molecule has 4 nitrogen and oxygen atoms in total. The van der Waals surface area contributed by atoms with Crippen molar-refractivity contribution in [3.8, 4) is 10.6 Å². The lowest BCUT2D eigenvalue weighted by Crippen LogP contribution is -2.34. The van der Waals surface area contributed by atoms with Crippen molar-refractivity contribution >= 4 is 29.7 Å². The summed E-state index contributed by atoms with van der Waals surface area (Å²) in [7, 11) is 0. The molecule has 0 radical (unpaired) electrons. The number of aryl methyl sites for hydroxylation is 3. The maximum absolute atomic E-state index is 13.0. The molecule has 1 amide bonds. The van der Waals surface area contributed by atoms with Gasteiger partial charge in [0.1, 0.15) is 9.88 Å². The lowest BCUT2D eigenvalue weighted by Gasteiger charge is -2.20. The summed E-state index contributed by atoms with van der Waals surface area (Å²) in [6, 6.07) is 6.59. The number of aromatic nitrogens is 1. The topological polar surface area (TPSA) is 59.2 Å². The second kappa shape index (κ2) is 7.85. The number of hydrogen-bond donors (Lipinski definition) is 1. The summed E-state index contributed by atoms with van der Waals surface area (Å²) in [4.78, 5) is 20.4. The van der Waals surface area contributed by atoms with Gasteiger partial charge in [0.25, 0.3) is 5.91 Å². The van der Waals surface area contributed by atoms with Crippen molar-refractivity contribution in [1.82, 2.24) is 9.88 Å². The van der Waals surface area contributed by atoms with Gasteiger partial charge >= 0.3 is 0 Å². The summed E-state index contributed by atoms with van der Waals surface area (Å²) in [5, 5.41) is 0.926. The molecule has 1 saturated heterocycles. The number of carbonyl (C=O) groups excluding carboxylic acids is 1. The van der Waals surface area contributed by atoms with E-state index in [2.05, 4.69) is 44.0 Å². The van der Waals surface area contributed by atoms with Crippen LogP contribution in [0.5, 0.6) is 0 Å². The van der Waals surface area contributed by atoms with E-state index in [1.165, 1.54) is 22.5 Å². The SMILES string of the molecule is Cc1ccc(-c2nc(C)c(C(=O)N3CC(CN)CC3C)s2)c(C)c1.Cl. The Bertz CT molecular complexity index is 774. The number of hydrogen-bond acceptors (Lipinski definition) is 4. The predicted molar refractivity (Wildman–Crippen MR) is 107 cm³/mol. The predicted octanol–water partition coefficient (Wildman–Crippen LogP) is 3.97. The molecular weight excluding hydrogens is 354 g/mol. The van der Waals surface area contributed by atoms with Gasteiger partial charge in [-0.3, -0.25) is 4.79 Å². The van der Waals surface area contributed by atoms with Crippen LogP contribution >= 0.6 is 23.7 Å². The first-order chi connectivity index (χ1) is 11.4. The van der Waals surface area contributed by atoms with Crippen molar-refractivity contribution in [2.75, 3.05) is 13.1 Å². The molecule has 2 N–H and O–H groups in total. The Hall–Kier alpha value is -1.43. The zero-order valence-electron chi connectivity index (χ0n) is 15.2. The zero-order valence-corrected chi connectivity index (χ0v) is 16.8. The van der Waals surface area contributed by atoms with Gasteiger partial charge in [-0.25, -0.2) is 4.98 Å². The van der Waals surface area contributed by atoms with E-state index >= 15 is 0 Å². The highest BCUT2D eigenvalue weighted by molar-refractivity contribution is 7.17. The lowest BCUT2D eigenvalue weighted by atomic mass is 10.1. The molecule has 6 heteroatoms. The number of rotatable bonds is 3. The molecule has 0 saturated carbocycles. The third-order valence-electron chi connectivity index (χ3n) is 4.86. The van der Waals surface area contributed by atoms with Crippen LogP contribution in [-0.4, -0.2) is 34.9 Å². The molecule has 1 aliphatic rings. The van der Waals surface area contributed by atoms with Crippen LogP contribution in [0.15, 0.2) is 18.2 Å². The van der Waals surface area contributed by atoms with E-state index in [9.17, 15) is 4.79 Å². The highest BCUT2D eigenvalue weighted by atomic mass is 35.5. The van der Waals surface area contributed by atoms with E-state index in [0.717, 1.165) is 34.1 Å². The fourth-order valence-corrected chi connectivity index (χ4v) is 4.60. The summed E-state index contributed by atoms with van der Waals surface area (Å²) < 4.78 is 0. The molecule has 136 valence electrons. The van der Waals surface area contributed by atoms with Crippen molar-refractivity contribution in [1.29, 1.82) is 0 Å². The smallest absolute Gasteiger partial charge is 0.266 e. The van der Waals surface area contributed by atoms with Crippen LogP contribution in [0.4, 0.5) is 0 Å². The van der Waals surface area contributed by atoms with Crippen LogP contribution < -0.4 is 5.73 Å². The second-order valence-corrected chi connectivity index (χ2v) is 7.89. The van der Waals surface area contributed by atoms with E-state index in [1.807, 2.05) is 11.8 Å². The van der Waals surface area contributed by atoms with Gasteiger partial charge < -0.3 is 10.6 Å². The molecule has 0 spiro atoms. The summed E-state index contributed by atoms with van der Waals surface area (Å²) in [6.45, 7) is 9.61. The first-order valence-electron chi connectivity index (χ1n) is 8.46. The molecule has 1 aromatic heterocycles. The lowest BCUT2D eigenvalue weighted by molar-refractivity contribution is 0.0747. The first-order valence-corrected chi connectivity index (χ1v) is 9.28. The quantitative estimate of drug-likeness (QED) is 0.877. The van der Waals surface area contributed by atoms with Crippen LogP contribution in [-0.2, 0) is 0 Å². The standard InChI is InChI=1S/C19H25N3OS.ClH/c1-11-5-6-16(12(2)7-11)18-21-14(4)17(24-18)19(23)22-10-15(9-20)8-13(22)3;/h5-7,13,15H,8-10,20H2,1-4H3;1H. The van der Waals surface area contributed by atoms with E-state index in [0.29, 0.717) is 12.5 Å². The summed E-state index contributed by atoms with van der Waals surface area (Å²) >= 11 is 1.50. The molecule has 1 fully saturated rings. The summed E-state index contributed by atoms with van der Waals surface area (Å²) in [6.07, 6.45) is 0.990. The number of benzene rings is 1. The number of amides is 1. The second-order valence-electron chi connectivity index (χ2n) is 6.90. The van der Waals surface area contributed by atoms with E-state index < -0.39 is 0 Å². The highest BCUT2D eigenvalue weighted by Gasteiger charge is 2.33. The number of likely N-dealkylation sites (tertiary alicyclic amines) is 1. The van der Waals surface area contributed by atoms with Crippen molar-refractivity contribution in [3.05, 3.63) is 39.9 Å². The van der Waals surface area contributed by atoms with Crippen molar-refractivity contribution < 1.29 is 4.79 Å². The molecule has 0 aliphatic carbocycles.